The quantitative estimate of drug-likeness (QED) is 0.908. The number of halogens is 1. The van der Waals surface area contributed by atoms with Gasteiger partial charge < -0.3 is 10.2 Å². The van der Waals surface area contributed by atoms with Crippen LogP contribution in [0.4, 0.5) is 10.3 Å². The van der Waals surface area contributed by atoms with Crippen molar-refractivity contribution in [2.24, 2.45) is 0 Å². The molecule has 0 aromatic heterocycles. The van der Waals surface area contributed by atoms with Gasteiger partial charge in [-0.2, -0.15) is 0 Å². The Morgan fingerprint density at radius 2 is 2.10 bits per heavy atom. The molecule has 0 unspecified atom stereocenters. The normalized spacial score (nSPS) is 15.2. The fourth-order valence-corrected chi connectivity index (χ4v) is 2.87. The molecule has 1 aliphatic heterocycles. The molecule has 2 N–H and O–H groups in total. The standard InChI is InChI=1S/C17H18FNO2/c1-2-10-8-13-14(20)9-12(11-6-4-3-5-7-11)15(18)16(13)21-17(10)19/h6,8-9H,2-5,7,19H2,1H3. The SMILES string of the molecule is CCc1cc2c(=O)cc(C3=CCCCC3)c(F)c-2oc1N. The molecule has 21 heavy (non-hydrogen) atoms. The van der Waals surface area contributed by atoms with Crippen molar-refractivity contribution >= 4 is 11.5 Å². The van der Waals surface area contributed by atoms with Crippen molar-refractivity contribution in [3.63, 3.8) is 0 Å². The van der Waals surface area contributed by atoms with Crippen molar-refractivity contribution in [1.29, 1.82) is 0 Å². The smallest absolute Gasteiger partial charge is 0.194 e. The Balaban J connectivity index is 2.26. The average molecular weight is 287 g/mol. The number of nitrogen functional groups attached to an aromatic ring is 1. The molecule has 0 aromatic carbocycles. The molecule has 0 bridgehead atoms. The van der Waals surface area contributed by atoms with E-state index in [2.05, 4.69) is 0 Å². The molecule has 4 heteroatoms. The highest BCUT2D eigenvalue weighted by atomic mass is 19.1. The molecule has 0 fully saturated rings. The molecule has 3 nitrogen and oxygen atoms in total. The third-order valence-corrected chi connectivity index (χ3v) is 4.09. The highest BCUT2D eigenvalue weighted by Crippen LogP contribution is 2.34. The first-order valence-corrected chi connectivity index (χ1v) is 7.36. The Morgan fingerprint density at radius 1 is 1.29 bits per heavy atom. The van der Waals surface area contributed by atoms with Crippen molar-refractivity contribution in [3.8, 4) is 11.3 Å². The maximum atomic E-state index is 14.7. The Kier molecular flexibility index (Phi) is 3.53. The molecule has 0 saturated heterocycles. The first-order chi connectivity index (χ1) is 10.1. The first kappa shape index (κ1) is 13.9. The van der Waals surface area contributed by atoms with E-state index < -0.39 is 5.82 Å². The number of fused-ring (bicyclic) bond motifs is 1. The predicted octanol–water partition coefficient (Wildman–Crippen LogP) is 3.99. The van der Waals surface area contributed by atoms with E-state index in [0.29, 0.717) is 12.0 Å². The lowest BCUT2D eigenvalue weighted by atomic mass is 9.91. The van der Waals surface area contributed by atoms with Gasteiger partial charge in [-0.1, -0.05) is 13.0 Å². The molecular formula is C17H18FNO2. The molecule has 2 aliphatic carbocycles. The van der Waals surface area contributed by atoms with Gasteiger partial charge in [0.15, 0.2) is 22.9 Å². The second kappa shape index (κ2) is 5.35. The van der Waals surface area contributed by atoms with Gasteiger partial charge in [0.25, 0.3) is 0 Å². The third kappa shape index (κ3) is 2.35. The van der Waals surface area contributed by atoms with Gasteiger partial charge in [0, 0.05) is 11.1 Å². The van der Waals surface area contributed by atoms with E-state index in [9.17, 15) is 9.18 Å². The summed E-state index contributed by atoms with van der Waals surface area (Å²) < 4.78 is 20.1. The number of aryl methyl sites for hydroxylation is 1. The third-order valence-electron chi connectivity index (χ3n) is 4.09. The van der Waals surface area contributed by atoms with E-state index >= 15 is 0 Å². The van der Waals surface area contributed by atoms with Crippen molar-refractivity contribution < 1.29 is 8.81 Å². The predicted molar refractivity (Wildman–Crippen MR) is 81.8 cm³/mol. The van der Waals surface area contributed by atoms with Gasteiger partial charge in [0.2, 0.25) is 0 Å². The monoisotopic (exact) mass is 287 g/mol. The summed E-state index contributed by atoms with van der Waals surface area (Å²) in [6.45, 7) is 1.91. The largest absolute Gasteiger partial charge is 0.437 e. The summed E-state index contributed by atoms with van der Waals surface area (Å²) in [7, 11) is 0. The summed E-state index contributed by atoms with van der Waals surface area (Å²) >= 11 is 0. The van der Waals surface area contributed by atoms with E-state index in [1.807, 2.05) is 13.0 Å². The molecular weight excluding hydrogens is 269 g/mol. The molecule has 0 saturated carbocycles. The molecule has 110 valence electrons. The first-order valence-electron chi connectivity index (χ1n) is 7.36. The van der Waals surface area contributed by atoms with E-state index in [1.54, 1.807) is 6.07 Å². The van der Waals surface area contributed by atoms with Crippen LogP contribution in [0, 0.1) is 5.82 Å². The van der Waals surface area contributed by atoms with Crippen molar-refractivity contribution in [2.45, 2.75) is 39.0 Å². The van der Waals surface area contributed by atoms with Crippen LogP contribution in [0.15, 0.2) is 27.4 Å². The minimum absolute atomic E-state index is 0.0290. The number of nitrogens with two attached hydrogens (primary N) is 1. The minimum atomic E-state index is -0.480. The van der Waals surface area contributed by atoms with Gasteiger partial charge in [-0.25, -0.2) is 4.39 Å². The molecule has 3 aliphatic rings. The summed E-state index contributed by atoms with van der Waals surface area (Å²) in [5.74, 6) is -0.330. The van der Waals surface area contributed by atoms with Crippen LogP contribution >= 0.6 is 0 Å². The molecule has 1 heterocycles. The van der Waals surface area contributed by atoms with Gasteiger partial charge in [-0.15, -0.1) is 0 Å². The fourth-order valence-electron chi connectivity index (χ4n) is 2.87. The summed E-state index contributed by atoms with van der Waals surface area (Å²) in [5, 5.41) is 0. The van der Waals surface area contributed by atoms with Crippen LogP contribution in [0.25, 0.3) is 16.9 Å². The Labute approximate surface area is 122 Å². The Hall–Kier alpha value is -2.10. The van der Waals surface area contributed by atoms with Crippen LogP contribution in [0.3, 0.4) is 0 Å². The van der Waals surface area contributed by atoms with E-state index in [1.165, 1.54) is 6.07 Å². The Bertz CT molecular complexity index is 745. The summed E-state index contributed by atoms with van der Waals surface area (Å²) in [5.41, 5.74) is 7.82. The zero-order valence-corrected chi connectivity index (χ0v) is 12.0. The lowest BCUT2D eigenvalue weighted by Crippen LogP contribution is -2.12. The number of rotatable bonds is 2. The number of hydrogen-bond acceptors (Lipinski definition) is 3. The van der Waals surface area contributed by atoms with Gasteiger partial charge in [-0.05, 0) is 49.8 Å². The summed E-state index contributed by atoms with van der Waals surface area (Å²) in [6.07, 6.45) is 6.50. The van der Waals surface area contributed by atoms with Gasteiger partial charge >= 0.3 is 0 Å². The van der Waals surface area contributed by atoms with Crippen molar-refractivity contribution in [1.82, 2.24) is 0 Å². The topological polar surface area (TPSA) is 56.2 Å². The molecule has 0 radical (unpaired) electrons. The number of benzene rings is 1. The molecule has 0 amide bonds. The Morgan fingerprint density at radius 3 is 2.76 bits per heavy atom. The van der Waals surface area contributed by atoms with Crippen LogP contribution in [-0.4, -0.2) is 0 Å². The van der Waals surface area contributed by atoms with Crippen LogP contribution in [0.1, 0.15) is 43.7 Å². The average Bonchev–Trinajstić information content (AvgIpc) is 2.51. The molecule has 3 rings (SSSR count). The van der Waals surface area contributed by atoms with Crippen LogP contribution < -0.4 is 11.2 Å². The van der Waals surface area contributed by atoms with E-state index in [-0.39, 0.29) is 22.6 Å². The van der Waals surface area contributed by atoms with Crippen LogP contribution in [-0.2, 0) is 6.42 Å². The fraction of sp³-hybridized carbons (Fsp3) is 0.353. The van der Waals surface area contributed by atoms with Crippen LogP contribution in [0.5, 0.6) is 0 Å². The molecule has 0 aromatic rings. The second-order valence-electron chi connectivity index (χ2n) is 5.44. The maximum absolute atomic E-state index is 14.7. The molecule has 0 atom stereocenters. The van der Waals surface area contributed by atoms with Crippen molar-refractivity contribution in [2.75, 3.05) is 5.73 Å². The van der Waals surface area contributed by atoms with E-state index in [0.717, 1.165) is 36.8 Å². The number of allylic oxidation sites excluding steroid dienone is 2. The van der Waals surface area contributed by atoms with Crippen molar-refractivity contribution in [3.05, 3.63) is 45.4 Å². The van der Waals surface area contributed by atoms with Crippen LogP contribution in [0.2, 0.25) is 0 Å². The zero-order chi connectivity index (χ0) is 15.0. The lowest BCUT2D eigenvalue weighted by molar-refractivity contribution is 0.520. The van der Waals surface area contributed by atoms with Gasteiger partial charge in [0.1, 0.15) is 0 Å². The summed E-state index contributed by atoms with van der Waals surface area (Å²) in [6, 6.07) is 3.03. The van der Waals surface area contributed by atoms with E-state index in [4.69, 9.17) is 10.2 Å². The zero-order valence-electron chi connectivity index (χ0n) is 12.0. The lowest BCUT2D eigenvalue weighted by Gasteiger charge is -2.16. The number of anilines is 1. The number of hydrogen-bond donors (Lipinski definition) is 1. The van der Waals surface area contributed by atoms with Gasteiger partial charge in [0.05, 0.1) is 5.56 Å². The van der Waals surface area contributed by atoms with Gasteiger partial charge in [-0.3, -0.25) is 4.79 Å². The molecule has 0 spiro atoms. The highest BCUT2D eigenvalue weighted by molar-refractivity contribution is 5.74. The second-order valence-corrected chi connectivity index (χ2v) is 5.44. The minimum Gasteiger partial charge on any atom is -0.437 e. The highest BCUT2D eigenvalue weighted by Gasteiger charge is 2.23. The maximum Gasteiger partial charge on any atom is 0.194 e. The summed E-state index contributed by atoms with van der Waals surface area (Å²) in [4.78, 5) is 12.3.